The number of halogens is 1. The van der Waals surface area contributed by atoms with Crippen LogP contribution in [0.4, 0.5) is 0 Å². The number of carbonyl (C=O) groups excluding carboxylic acids is 1. The third-order valence-corrected chi connectivity index (χ3v) is 6.18. The van der Waals surface area contributed by atoms with Crippen LogP contribution in [0.1, 0.15) is 34.5 Å². The molecule has 26 heavy (non-hydrogen) atoms. The van der Waals surface area contributed by atoms with Gasteiger partial charge in [0.1, 0.15) is 5.65 Å². The first-order chi connectivity index (χ1) is 12.4. The van der Waals surface area contributed by atoms with Crippen LogP contribution in [0.3, 0.4) is 0 Å². The number of hydrogen-bond donors (Lipinski definition) is 0. The Hall–Kier alpha value is -2.18. The molecule has 2 aromatic heterocycles. The number of sulfone groups is 1. The number of aryl methyl sites for hydroxylation is 1. The maximum atomic E-state index is 13.3. The molecule has 0 spiro atoms. The van der Waals surface area contributed by atoms with Crippen molar-refractivity contribution in [2.75, 3.05) is 6.26 Å². The van der Waals surface area contributed by atoms with E-state index in [4.69, 9.17) is 11.6 Å². The van der Waals surface area contributed by atoms with Crippen molar-refractivity contribution in [1.82, 2.24) is 9.55 Å². The Kier molecular flexibility index (Phi) is 4.12. The molecule has 0 unspecified atom stereocenters. The molecule has 0 saturated carbocycles. The van der Waals surface area contributed by atoms with Gasteiger partial charge >= 0.3 is 0 Å². The number of ketones is 1. The van der Waals surface area contributed by atoms with Gasteiger partial charge in [0.25, 0.3) is 0 Å². The first-order valence-corrected chi connectivity index (χ1v) is 10.7. The monoisotopic (exact) mass is 388 g/mol. The van der Waals surface area contributed by atoms with Gasteiger partial charge in [-0.2, -0.15) is 0 Å². The molecule has 0 bridgehead atoms. The van der Waals surface area contributed by atoms with E-state index in [1.54, 1.807) is 24.3 Å². The van der Waals surface area contributed by atoms with Crippen molar-refractivity contribution in [3.05, 3.63) is 58.4 Å². The molecule has 4 rings (SSSR count). The van der Waals surface area contributed by atoms with Crippen molar-refractivity contribution in [2.45, 2.75) is 30.7 Å². The van der Waals surface area contributed by atoms with E-state index in [0.717, 1.165) is 37.8 Å². The third kappa shape index (κ3) is 2.73. The molecule has 1 aliphatic heterocycles. The predicted molar refractivity (Wildman–Crippen MR) is 101 cm³/mol. The van der Waals surface area contributed by atoms with Gasteiger partial charge in [0.05, 0.1) is 10.5 Å². The van der Waals surface area contributed by atoms with E-state index in [1.165, 1.54) is 12.3 Å². The van der Waals surface area contributed by atoms with Crippen LogP contribution in [0.25, 0.3) is 11.0 Å². The lowest BCUT2D eigenvalue weighted by Crippen LogP contribution is -2.13. The molecule has 0 atom stereocenters. The van der Waals surface area contributed by atoms with Gasteiger partial charge in [0.2, 0.25) is 0 Å². The standard InChI is InChI=1S/C19H17ClN2O3S/c1-26(24,25)15-9-10-21-19-17(15)16(14-4-2-3-11-22(14)19)18(23)12-5-7-13(20)8-6-12/h5-10H,2-4,11H2,1H3. The van der Waals surface area contributed by atoms with Crippen molar-refractivity contribution in [2.24, 2.45) is 0 Å². The average molecular weight is 389 g/mol. The van der Waals surface area contributed by atoms with Crippen LogP contribution in [-0.4, -0.2) is 30.0 Å². The Morgan fingerprint density at radius 1 is 1.15 bits per heavy atom. The van der Waals surface area contributed by atoms with Gasteiger partial charge in [-0.3, -0.25) is 4.79 Å². The third-order valence-electron chi connectivity index (χ3n) is 4.79. The van der Waals surface area contributed by atoms with Crippen LogP contribution in [0.2, 0.25) is 5.02 Å². The highest BCUT2D eigenvalue weighted by Gasteiger charge is 2.29. The zero-order valence-corrected chi connectivity index (χ0v) is 15.8. The lowest BCUT2D eigenvalue weighted by atomic mass is 9.98. The first kappa shape index (κ1) is 17.2. The summed E-state index contributed by atoms with van der Waals surface area (Å²) in [4.78, 5) is 17.9. The Balaban J connectivity index is 2.07. The molecule has 3 aromatic rings. The average Bonchev–Trinajstić information content (AvgIpc) is 2.95. The van der Waals surface area contributed by atoms with E-state index in [1.807, 2.05) is 4.57 Å². The van der Waals surface area contributed by atoms with Gasteiger partial charge in [0, 0.05) is 40.7 Å². The first-order valence-electron chi connectivity index (χ1n) is 8.38. The van der Waals surface area contributed by atoms with Gasteiger partial charge in [-0.1, -0.05) is 11.6 Å². The smallest absolute Gasteiger partial charge is 0.195 e. The number of carbonyl (C=O) groups is 1. The Labute approximate surface area is 156 Å². The predicted octanol–water partition coefficient (Wildman–Crippen LogP) is 3.66. The molecular formula is C19H17ClN2O3S. The summed E-state index contributed by atoms with van der Waals surface area (Å²) in [5.41, 5.74) is 2.38. The summed E-state index contributed by atoms with van der Waals surface area (Å²) < 4.78 is 26.7. The summed E-state index contributed by atoms with van der Waals surface area (Å²) in [5, 5.41) is 0.982. The molecular weight excluding hydrogens is 372 g/mol. The fourth-order valence-corrected chi connectivity index (χ4v) is 4.64. The highest BCUT2D eigenvalue weighted by Crippen LogP contribution is 2.35. The van der Waals surface area contributed by atoms with E-state index in [-0.39, 0.29) is 10.7 Å². The molecule has 1 aromatic carbocycles. The quantitative estimate of drug-likeness (QED) is 0.642. The number of aromatic nitrogens is 2. The van der Waals surface area contributed by atoms with Gasteiger partial charge in [-0.15, -0.1) is 0 Å². The van der Waals surface area contributed by atoms with Crippen LogP contribution >= 0.6 is 11.6 Å². The summed E-state index contributed by atoms with van der Waals surface area (Å²) in [6.45, 7) is 0.736. The Morgan fingerprint density at radius 3 is 2.58 bits per heavy atom. The molecule has 0 fully saturated rings. The SMILES string of the molecule is CS(=O)(=O)c1ccnc2c1c(C(=O)c1ccc(Cl)cc1)c1n2CCCC1. The molecule has 0 saturated heterocycles. The second kappa shape index (κ2) is 6.21. The summed E-state index contributed by atoms with van der Waals surface area (Å²) >= 11 is 5.93. The molecule has 3 heterocycles. The molecule has 134 valence electrons. The number of fused-ring (bicyclic) bond motifs is 3. The summed E-state index contributed by atoms with van der Waals surface area (Å²) in [6.07, 6.45) is 5.34. The number of nitrogens with zero attached hydrogens (tertiary/aromatic N) is 2. The summed E-state index contributed by atoms with van der Waals surface area (Å²) in [6, 6.07) is 8.13. The lowest BCUT2D eigenvalue weighted by molar-refractivity contribution is 0.103. The molecule has 0 radical (unpaired) electrons. The number of benzene rings is 1. The second-order valence-corrected chi connectivity index (χ2v) is 8.97. The largest absolute Gasteiger partial charge is 0.329 e. The lowest BCUT2D eigenvalue weighted by Gasteiger charge is -2.16. The highest BCUT2D eigenvalue weighted by molar-refractivity contribution is 7.91. The van der Waals surface area contributed by atoms with Crippen LogP contribution in [0, 0.1) is 0 Å². The Bertz CT molecular complexity index is 1130. The fraction of sp³-hybridized carbons (Fsp3) is 0.263. The number of pyridine rings is 1. The van der Waals surface area contributed by atoms with Crippen LogP contribution < -0.4 is 0 Å². The minimum Gasteiger partial charge on any atom is -0.329 e. The molecule has 0 aliphatic carbocycles. The molecule has 1 aliphatic rings. The van der Waals surface area contributed by atoms with E-state index in [2.05, 4.69) is 4.98 Å². The van der Waals surface area contributed by atoms with Crippen molar-refractivity contribution in [3.8, 4) is 0 Å². The van der Waals surface area contributed by atoms with Crippen molar-refractivity contribution in [3.63, 3.8) is 0 Å². The Morgan fingerprint density at radius 2 is 1.88 bits per heavy atom. The van der Waals surface area contributed by atoms with E-state index < -0.39 is 9.84 Å². The van der Waals surface area contributed by atoms with Crippen LogP contribution in [-0.2, 0) is 22.8 Å². The van der Waals surface area contributed by atoms with Gasteiger partial charge < -0.3 is 4.57 Å². The molecule has 7 heteroatoms. The maximum Gasteiger partial charge on any atom is 0.195 e. The molecule has 0 amide bonds. The van der Waals surface area contributed by atoms with E-state index in [9.17, 15) is 13.2 Å². The zero-order chi connectivity index (χ0) is 18.5. The normalized spacial score (nSPS) is 14.4. The van der Waals surface area contributed by atoms with Crippen molar-refractivity contribution < 1.29 is 13.2 Å². The minimum atomic E-state index is -3.50. The van der Waals surface area contributed by atoms with Crippen molar-refractivity contribution in [1.29, 1.82) is 0 Å². The molecule has 0 N–H and O–H groups in total. The minimum absolute atomic E-state index is 0.154. The van der Waals surface area contributed by atoms with Crippen molar-refractivity contribution >= 4 is 38.3 Å². The zero-order valence-electron chi connectivity index (χ0n) is 14.2. The van der Waals surface area contributed by atoms with E-state index >= 15 is 0 Å². The summed E-state index contributed by atoms with van der Waals surface area (Å²) in [5.74, 6) is -0.194. The second-order valence-electron chi connectivity index (χ2n) is 6.55. The topological polar surface area (TPSA) is 69.0 Å². The number of hydrogen-bond acceptors (Lipinski definition) is 4. The summed E-state index contributed by atoms with van der Waals surface area (Å²) in [7, 11) is -3.50. The fourth-order valence-electron chi connectivity index (χ4n) is 3.64. The van der Waals surface area contributed by atoms with Crippen LogP contribution in [0.15, 0.2) is 41.4 Å². The number of rotatable bonds is 3. The van der Waals surface area contributed by atoms with Crippen LogP contribution in [0.5, 0.6) is 0 Å². The maximum absolute atomic E-state index is 13.3. The van der Waals surface area contributed by atoms with Gasteiger partial charge in [-0.05, 0) is 49.6 Å². The van der Waals surface area contributed by atoms with Gasteiger partial charge in [0.15, 0.2) is 15.6 Å². The molecule has 5 nitrogen and oxygen atoms in total. The highest BCUT2D eigenvalue weighted by atomic mass is 35.5. The van der Waals surface area contributed by atoms with E-state index in [0.29, 0.717) is 27.2 Å². The van der Waals surface area contributed by atoms with Gasteiger partial charge in [-0.25, -0.2) is 13.4 Å².